The molecule has 4 heteroatoms. The molecule has 0 bridgehead atoms. The van der Waals surface area contributed by atoms with Crippen molar-refractivity contribution in [1.82, 2.24) is 4.90 Å². The lowest BCUT2D eigenvalue weighted by Gasteiger charge is -2.26. The van der Waals surface area contributed by atoms with Crippen molar-refractivity contribution < 1.29 is 9.53 Å². The van der Waals surface area contributed by atoms with Gasteiger partial charge in [-0.1, -0.05) is 26.2 Å². The largest absolute Gasteiger partial charge is 0.494 e. The van der Waals surface area contributed by atoms with Crippen LogP contribution in [-0.2, 0) is 4.79 Å². The van der Waals surface area contributed by atoms with Gasteiger partial charge in [-0.2, -0.15) is 0 Å². The Morgan fingerprint density at radius 3 is 2.44 bits per heavy atom. The van der Waals surface area contributed by atoms with E-state index in [4.69, 9.17) is 4.74 Å². The zero-order chi connectivity index (χ0) is 17.5. The molecule has 2 fully saturated rings. The van der Waals surface area contributed by atoms with Gasteiger partial charge in [0, 0.05) is 17.6 Å². The molecule has 1 saturated carbocycles. The fourth-order valence-corrected chi connectivity index (χ4v) is 3.96. The molecule has 1 heterocycles. The minimum atomic E-state index is -0.191. The lowest BCUT2D eigenvalue weighted by Crippen LogP contribution is -2.31. The van der Waals surface area contributed by atoms with Crippen molar-refractivity contribution in [2.24, 2.45) is 5.41 Å². The van der Waals surface area contributed by atoms with Gasteiger partial charge in [-0.25, -0.2) is 0 Å². The van der Waals surface area contributed by atoms with E-state index in [9.17, 15) is 4.79 Å². The molecule has 25 heavy (non-hydrogen) atoms. The maximum Gasteiger partial charge on any atom is 0.230 e. The molecular formula is C21H32N2O2. The molecule has 0 radical (unpaired) electrons. The summed E-state index contributed by atoms with van der Waals surface area (Å²) in [6, 6.07) is 7.79. The van der Waals surface area contributed by atoms with Crippen molar-refractivity contribution in [3.8, 4) is 5.75 Å². The number of amides is 1. The summed E-state index contributed by atoms with van der Waals surface area (Å²) in [5.41, 5.74) is 0.669. The molecule has 1 saturated heterocycles. The summed E-state index contributed by atoms with van der Waals surface area (Å²) in [7, 11) is 0. The smallest absolute Gasteiger partial charge is 0.230 e. The van der Waals surface area contributed by atoms with E-state index in [1.54, 1.807) is 0 Å². The standard InChI is InChI=1S/C21H32N2O2/c1-21(12-3-4-13-21)20(24)22-18-8-10-19(11-9-18)25-17-7-16-23-14-5-2-6-15-23/h8-11H,2-7,12-17H2,1H3,(H,22,24). The first-order valence-electron chi connectivity index (χ1n) is 9.92. The Kier molecular flexibility index (Phi) is 6.35. The number of carbonyl (C=O) groups excluding carboxylic acids is 1. The topological polar surface area (TPSA) is 41.6 Å². The minimum absolute atomic E-state index is 0.153. The van der Waals surface area contributed by atoms with Gasteiger partial charge >= 0.3 is 0 Å². The van der Waals surface area contributed by atoms with Gasteiger partial charge in [0.25, 0.3) is 0 Å². The van der Waals surface area contributed by atoms with Crippen molar-refractivity contribution >= 4 is 11.6 Å². The predicted octanol–water partition coefficient (Wildman–Crippen LogP) is 4.46. The Balaban J connectivity index is 1.38. The molecule has 0 unspecified atom stereocenters. The lowest BCUT2D eigenvalue weighted by atomic mass is 9.88. The highest BCUT2D eigenvalue weighted by molar-refractivity contribution is 5.95. The molecule has 4 nitrogen and oxygen atoms in total. The minimum Gasteiger partial charge on any atom is -0.494 e. The highest BCUT2D eigenvalue weighted by atomic mass is 16.5. The lowest BCUT2D eigenvalue weighted by molar-refractivity contribution is -0.124. The van der Waals surface area contributed by atoms with Crippen LogP contribution in [0.3, 0.4) is 0 Å². The van der Waals surface area contributed by atoms with E-state index in [0.29, 0.717) is 0 Å². The molecule has 1 aliphatic carbocycles. The van der Waals surface area contributed by atoms with Crippen LogP contribution in [0.2, 0.25) is 0 Å². The van der Waals surface area contributed by atoms with Crippen molar-refractivity contribution in [2.75, 3.05) is 31.6 Å². The van der Waals surface area contributed by atoms with E-state index in [2.05, 4.69) is 17.1 Å². The highest BCUT2D eigenvalue weighted by Crippen LogP contribution is 2.38. The van der Waals surface area contributed by atoms with Gasteiger partial charge < -0.3 is 15.0 Å². The summed E-state index contributed by atoms with van der Waals surface area (Å²) in [4.78, 5) is 15.0. The molecule has 3 rings (SSSR count). The third-order valence-electron chi connectivity index (χ3n) is 5.70. The maximum atomic E-state index is 12.4. The molecule has 0 atom stereocenters. The number of nitrogens with one attached hydrogen (secondary N) is 1. The number of benzene rings is 1. The molecule has 2 aliphatic rings. The van der Waals surface area contributed by atoms with Gasteiger partial charge in [0.15, 0.2) is 0 Å². The highest BCUT2D eigenvalue weighted by Gasteiger charge is 2.36. The zero-order valence-electron chi connectivity index (χ0n) is 15.6. The molecule has 0 aromatic heterocycles. The number of nitrogens with zero attached hydrogens (tertiary/aromatic N) is 1. The monoisotopic (exact) mass is 344 g/mol. The van der Waals surface area contributed by atoms with Crippen LogP contribution in [-0.4, -0.2) is 37.0 Å². The second-order valence-electron chi connectivity index (χ2n) is 7.85. The Morgan fingerprint density at radius 1 is 1.08 bits per heavy atom. The Bertz CT molecular complexity index is 544. The summed E-state index contributed by atoms with van der Waals surface area (Å²) >= 11 is 0. The number of hydrogen-bond acceptors (Lipinski definition) is 3. The Morgan fingerprint density at radius 2 is 1.76 bits per heavy atom. The predicted molar refractivity (Wildman–Crippen MR) is 102 cm³/mol. The Labute approximate surface area is 151 Å². The van der Waals surface area contributed by atoms with Crippen LogP contribution in [0.1, 0.15) is 58.3 Å². The van der Waals surface area contributed by atoms with Crippen LogP contribution in [0.15, 0.2) is 24.3 Å². The third-order valence-corrected chi connectivity index (χ3v) is 5.70. The first-order valence-corrected chi connectivity index (χ1v) is 9.92. The van der Waals surface area contributed by atoms with Gasteiger partial charge in [0.2, 0.25) is 5.91 Å². The average Bonchev–Trinajstić information content (AvgIpc) is 3.09. The number of likely N-dealkylation sites (tertiary alicyclic amines) is 1. The van der Waals surface area contributed by atoms with Crippen LogP contribution in [0.25, 0.3) is 0 Å². The van der Waals surface area contributed by atoms with Gasteiger partial charge in [-0.15, -0.1) is 0 Å². The molecular weight excluding hydrogens is 312 g/mol. The fourth-order valence-electron chi connectivity index (χ4n) is 3.96. The fraction of sp³-hybridized carbons (Fsp3) is 0.667. The second kappa shape index (κ2) is 8.70. The molecule has 1 amide bonds. The van der Waals surface area contributed by atoms with E-state index in [-0.39, 0.29) is 11.3 Å². The van der Waals surface area contributed by atoms with Crippen molar-refractivity contribution in [2.45, 2.75) is 58.3 Å². The van der Waals surface area contributed by atoms with Crippen molar-refractivity contribution in [3.05, 3.63) is 24.3 Å². The van der Waals surface area contributed by atoms with Crippen molar-refractivity contribution in [3.63, 3.8) is 0 Å². The number of ether oxygens (including phenoxy) is 1. The normalized spacial score (nSPS) is 20.4. The quantitative estimate of drug-likeness (QED) is 0.743. The van der Waals surface area contributed by atoms with Crippen LogP contribution in [0.5, 0.6) is 5.75 Å². The van der Waals surface area contributed by atoms with E-state index in [1.165, 1.54) is 32.4 Å². The Hall–Kier alpha value is -1.55. The first-order chi connectivity index (χ1) is 12.2. The van der Waals surface area contributed by atoms with Crippen LogP contribution in [0, 0.1) is 5.41 Å². The first kappa shape index (κ1) is 18.2. The zero-order valence-corrected chi connectivity index (χ0v) is 15.6. The van der Waals surface area contributed by atoms with Crippen LogP contribution < -0.4 is 10.1 Å². The van der Waals surface area contributed by atoms with Gasteiger partial charge in [0.05, 0.1) is 6.61 Å². The number of hydrogen-bond donors (Lipinski definition) is 1. The molecule has 1 aromatic rings. The molecule has 1 N–H and O–H groups in total. The molecule has 1 aromatic carbocycles. The molecule has 138 valence electrons. The second-order valence-corrected chi connectivity index (χ2v) is 7.85. The summed E-state index contributed by atoms with van der Waals surface area (Å²) in [5.74, 6) is 1.03. The van der Waals surface area contributed by atoms with Gasteiger partial charge in [-0.05, 0) is 69.5 Å². The van der Waals surface area contributed by atoms with E-state index >= 15 is 0 Å². The summed E-state index contributed by atoms with van der Waals surface area (Å²) < 4.78 is 5.84. The van der Waals surface area contributed by atoms with Crippen LogP contribution >= 0.6 is 0 Å². The maximum absolute atomic E-state index is 12.4. The van der Waals surface area contributed by atoms with Crippen molar-refractivity contribution in [1.29, 1.82) is 0 Å². The van der Waals surface area contributed by atoms with E-state index < -0.39 is 0 Å². The summed E-state index contributed by atoms with van der Waals surface area (Å²) in [6.07, 6.45) is 9.45. The summed E-state index contributed by atoms with van der Waals surface area (Å²) in [6.45, 7) is 6.45. The van der Waals surface area contributed by atoms with Gasteiger partial charge in [0.1, 0.15) is 5.75 Å². The average molecular weight is 344 g/mol. The number of carbonyl (C=O) groups is 1. The van der Waals surface area contributed by atoms with E-state index in [0.717, 1.165) is 56.7 Å². The number of piperidine rings is 1. The SMILES string of the molecule is CC1(C(=O)Nc2ccc(OCCCN3CCCCC3)cc2)CCCC1. The van der Waals surface area contributed by atoms with Crippen LogP contribution in [0.4, 0.5) is 5.69 Å². The molecule has 0 spiro atoms. The summed E-state index contributed by atoms with van der Waals surface area (Å²) in [5, 5.41) is 3.06. The molecule has 1 aliphatic heterocycles. The van der Waals surface area contributed by atoms with E-state index in [1.807, 2.05) is 24.3 Å². The number of rotatable bonds is 7. The third kappa shape index (κ3) is 5.21. The number of anilines is 1. The van der Waals surface area contributed by atoms with Gasteiger partial charge in [-0.3, -0.25) is 4.79 Å².